The van der Waals surface area contributed by atoms with Gasteiger partial charge in [-0.1, -0.05) is 17.7 Å². The Morgan fingerprint density at radius 3 is 2.38 bits per heavy atom. The van der Waals surface area contributed by atoms with E-state index in [0.29, 0.717) is 11.6 Å². The van der Waals surface area contributed by atoms with Gasteiger partial charge >= 0.3 is 0 Å². The molecule has 1 aromatic rings. The molecule has 2 nitrogen and oxygen atoms in total. The minimum atomic E-state index is -0.0521. The zero-order valence-corrected chi connectivity index (χ0v) is 10.7. The van der Waals surface area contributed by atoms with Crippen LogP contribution >= 0.6 is 0 Å². The van der Waals surface area contributed by atoms with Crippen LogP contribution < -0.4 is 0 Å². The highest BCUT2D eigenvalue weighted by molar-refractivity contribution is 5.94. The van der Waals surface area contributed by atoms with Crippen molar-refractivity contribution >= 4 is 5.91 Å². The molecule has 0 heterocycles. The van der Waals surface area contributed by atoms with E-state index in [9.17, 15) is 4.79 Å². The van der Waals surface area contributed by atoms with Gasteiger partial charge in [0.05, 0.1) is 1.37 Å². The predicted octanol–water partition coefficient (Wildman–Crippen LogP) is 3.25. The minimum absolute atomic E-state index is 0.0521. The van der Waals surface area contributed by atoms with Crippen molar-refractivity contribution < 1.29 is 6.17 Å². The first-order valence-corrected chi connectivity index (χ1v) is 5.74. The summed E-state index contributed by atoms with van der Waals surface area (Å²) >= 11 is 0. The van der Waals surface area contributed by atoms with Crippen LogP contribution in [-0.4, -0.2) is 22.9 Å². The number of carbonyl (C=O) groups excluding carboxylic acids is 1. The monoisotopic (exact) mass is 220 g/mol. The van der Waals surface area contributed by atoms with Crippen LogP contribution in [0.5, 0.6) is 0 Å². The van der Waals surface area contributed by atoms with Crippen molar-refractivity contribution in [1.29, 1.82) is 0 Å². The van der Waals surface area contributed by atoms with Crippen LogP contribution in [0.4, 0.5) is 0 Å². The molecule has 0 aliphatic rings. The molecule has 0 unspecified atom stereocenters. The molecule has 0 aliphatic heterocycles. The lowest BCUT2D eigenvalue weighted by molar-refractivity contribution is 0.0643. The summed E-state index contributed by atoms with van der Waals surface area (Å²) < 4.78 is 7.83. The molecule has 0 saturated heterocycles. The number of amides is 1. The third-order valence-corrected chi connectivity index (χ3v) is 2.53. The average molecular weight is 220 g/mol. The molecule has 0 fully saturated rings. The van der Waals surface area contributed by atoms with Gasteiger partial charge in [0.15, 0.2) is 0 Å². The Morgan fingerprint density at radius 2 is 1.88 bits per heavy atom. The van der Waals surface area contributed by atoms with E-state index < -0.39 is 0 Å². The number of benzene rings is 1. The van der Waals surface area contributed by atoms with Crippen molar-refractivity contribution in [2.24, 2.45) is 0 Å². The van der Waals surface area contributed by atoms with Crippen LogP contribution in [0.3, 0.4) is 0 Å². The Kier molecular flexibility index (Phi) is 3.60. The highest BCUT2D eigenvalue weighted by atomic mass is 16.2. The van der Waals surface area contributed by atoms with Gasteiger partial charge in [-0.2, -0.15) is 0 Å². The fraction of sp³-hybridized carbons (Fsp3) is 0.500. The molecule has 0 atom stereocenters. The fourth-order valence-corrected chi connectivity index (χ4v) is 1.91. The number of hydrogen-bond donors (Lipinski definition) is 0. The number of aryl methyl sites for hydroxylation is 1. The molecule has 0 bridgehead atoms. The van der Waals surface area contributed by atoms with Crippen molar-refractivity contribution in [2.45, 2.75) is 46.7 Å². The van der Waals surface area contributed by atoms with Crippen LogP contribution in [0.2, 0.25) is 0 Å². The highest BCUT2D eigenvalue weighted by Gasteiger charge is 2.21. The van der Waals surface area contributed by atoms with Crippen molar-refractivity contribution in [1.82, 2.24) is 4.90 Å². The third kappa shape index (κ3) is 2.84. The van der Waals surface area contributed by atoms with Gasteiger partial charge in [-0.05, 0) is 46.7 Å². The number of nitrogens with zero attached hydrogens (tertiary/aromatic N) is 1. The number of rotatable bonds is 3. The van der Waals surface area contributed by atoms with Crippen molar-refractivity contribution in [3.8, 4) is 0 Å². The summed E-state index contributed by atoms with van der Waals surface area (Å²) in [6.07, 6.45) is 0. The van der Waals surface area contributed by atoms with Gasteiger partial charge in [0.1, 0.15) is 0 Å². The molecule has 1 aromatic carbocycles. The molecule has 16 heavy (non-hydrogen) atoms. The summed E-state index contributed by atoms with van der Waals surface area (Å²) in [4.78, 5) is 14.2. The first-order chi connectivity index (χ1) is 7.84. The Labute approximate surface area is 99.7 Å². The van der Waals surface area contributed by atoms with Crippen molar-refractivity contribution in [3.05, 3.63) is 35.4 Å². The average Bonchev–Trinajstić information content (AvgIpc) is 2.20. The maximum atomic E-state index is 12.4. The topological polar surface area (TPSA) is 20.3 Å². The minimum Gasteiger partial charge on any atom is -0.334 e. The second-order valence-corrected chi connectivity index (χ2v) is 4.68. The number of carbonyl (C=O) groups is 1. The van der Waals surface area contributed by atoms with E-state index in [4.69, 9.17) is 1.37 Å². The summed E-state index contributed by atoms with van der Waals surface area (Å²) in [5.41, 5.74) is 1.50. The molecule has 0 radical (unpaired) electrons. The van der Waals surface area contributed by atoms with E-state index in [1.807, 2.05) is 45.6 Å². The van der Waals surface area contributed by atoms with E-state index in [1.165, 1.54) is 0 Å². The van der Waals surface area contributed by atoms with Crippen LogP contribution in [0.15, 0.2) is 24.2 Å². The SMILES string of the molecule is [2H]c1ccc(C)cc1C(=O)N(C(C)C)C(C)C. The third-order valence-electron chi connectivity index (χ3n) is 2.53. The lowest BCUT2D eigenvalue weighted by Crippen LogP contribution is -2.42. The smallest absolute Gasteiger partial charge is 0.254 e. The molecule has 0 spiro atoms. The maximum Gasteiger partial charge on any atom is 0.254 e. The van der Waals surface area contributed by atoms with Crippen LogP contribution in [-0.2, 0) is 0 Å². The van der Waals surface area contributed by atoms with E-state index in [-0.39, 0.29) is 18.0 Å². The second kappa shape index (κ2) is 5.15. The summed E-state index contributed by atoms with van der Waals surface area (Å²) in [6.45, 7) is 9.93. The molecule has 1 amide bonds. The van der Waals surface area contributed by atoms with E-state index in [0.717, 1.165) is 5.56 Å². The summed E-state index contributed by atoms with van der Waals surface area (Å²) in [6, 6.07) is 5.91. The van der Waals surface area contributed by atoms with Gasteiger partial charge in [-0.15, -0.1) is 0 Å². The second-order valence-electron chi connectivity index (χ2n) is 4.68. The zero-order chi connectivity index (χ0) is 13.2. The Bertz CT molecular complexity index is 405. The highest BCUT2D eigenvalue weighted by Crippen LogP contribution is 2.13. The van der Waals surface area contributed by atoms with Gasteiger partial charge in [0.25, 0.3) is 5.91 Å². The summed E-state index contributed by atoms with van der Waals surface area (Å²) in [5.74, 6) is -0.0521. The first kappa shape index (κ1) is 11.2. The van der Waals surface area contributed by atoms with E-state index in [2.05, 4.69) is 0 Å². The summed E-state index contributed by atoms with van der Waals surface area (Å²) in [5, 5.41) is 0. The normalized spacial score (nSPS) is 11.8. The standard InChI is InChI=1S/C14H21NO/c1-10(2)15(11(3)4)14(16)13-8-6-7-12(5)9-13/h6-11H,1-5H3/i8D. The molecular weight excluding hydrogens is 198 g/mol. The van der Waals surface area contributed by atoms with Crippen molar-refractivity contribution in [2.75, 3.05) is 0 Å². The Hall–Kier alpha value is -1.31. The van der Waals surface area contributed by atoms with Crippen LogP contribution in [0.25, 0.3) is 0 Å². The largest absolute Gasteiger partial charge is 0.334 e. The predicted molar refractivity (Wildman–Crippen MR) is 67.6 cm³/mol. The van der Waals surface area contributed by atoms with E-state index in [1.54, 1.807) is 12.1 Å². The first-order valence-electron chi connectivity index (χ1n) is 6.24. The molecule has 2 heteroatoms. The van der Waals surface area contributed by atoms with Gasteiger partial charge in [0, 0.05) is 17.6 Å². The fourth-order valence-electron chi connectivity index (χ4n) is 1.91. The molecule has 1 rings (SSSR count). The van der Waals surface area contributed by atoms with Gasteiger partial charge in [0.2, 0.25) is 0 Å². The van der Waals surface area contributed by atoms with Crippen LogP contribution in [0.1, 0.15) is 45.0 Å². The molecule has 88 valence electrons. The number of hydrogen-bond acceptors (Lipinski definition) is 1. The molecular formula is C14H21NO. The maximum absolute atomic E-state index is 12.4. The van der Waals surface area contributed by atoms with Gasteiger partial charge in [-0.25, -0.2) is 0 Å². The summed E-state index contributed by atoms with van der Waals surface area (Å²) in [7, 11) is 0. The molecule has 0 N–H and O–H groups in total. The van der Waals surface area contributed by atoms with Gasteiger partial charge < -0.3 is 4.90 Å². The van der Waals surface area contributed by atoms with Crippen LogP contribution in [0, 0.1) is 6.92 Å². The lowest BCUT2D eigenvalue weighted by atomic mass is 10.1. The molecule has 0 aliphatic carbocycles. The quantitative estimate of drug-likeness (QED) is 0.765. The lowest BCUT2D eigenvalue weighted by Gasteiger charge is -2.30. The van der Waals surface area contributed by atoms with E-state index >= 15 is 0 Å². The zero-order valence-electron chi connectivity index (χ0n) is 11.7. The van der Waals surface area contributed by atoms with Gasteiger partial charge in [-0.3, -0.25) is 4.79 Å². The Balaban J connectivity index is 3.14. The Morgan fingerprint density at radius 1 is 1.31 bits per heavy atom. The molecule has 0 saturated carbocycles. The molecule has 0 aromatic heterocycles. The van der Waals surface area contributed by atoms with Crippen molar-refractivity contribution in [3.63, 3.8) is 0 Å².